The van der Waals surface area contributed by atoms with Crippen LogP contribution in [0.1, 0.15) is 27.0 Å². The molecule has 2 amide bonds. The minimum atomic E-state index is -0.169. The molecule has 3 aromatic rings. The van der Waals surface area contributed by atoms with Crippen molar-refractivity contribution >= 4 is 46.9 Å². The average Bonchev–Trinajstić information content (AvgIpc) is 2.75. The van der Waals surface area contributed by atoms with Gasteiger partial charge in [-0.05, 0) is 60.9 Å². The Morgan fingerprint density at radius 1 is 1.10 bits per heavy atom. The molecule has 0 aromatic heterocycles. The van der Waals surface area contributed by atoms with Crippen molar-refractivity contribution in [1.29, 1.82) is 0 Å². The van der Waals surface area contributed by atoms with E-state index in [0.717, 1.165) is 21.6 Å². The fourth-order valence-corrected chi connectivity index (χ4v) is 4.34. The van der Waals surface area contributed by atoms with Crippen LogP contribution in [0.3, 0.4) is 0 Å². The molecule has 0 spiro atoms. The fourth-order valence-electron chi connectivity index (χ4n) is 3.29. The summed E-state index contributed by atoms with van der Waals surface area (Å²) in [6.07, 6.45) is 2.60. The lowest BCUT2D eigenvalue weighted by molar-refractivity contribution is -0.112. The summed E-state index contributed by atoms with van der Waals surface area (Å²) >= 11 is 7.30. The van der Waals surface area contributed by atoms with E-state index in [1.54, 1.807) is 12.1 Å². The molecule has 2 N–H and O–H groups in total. The van der Waals surface area contributed by atoms with Crippen LogP contribution in [0.15, 0.2) is 76.5 Å². The number of thioether (sulfide) groups is 1. The molecule has 1 heterocycles. The number of carbonyl (C=O) groups excluding carboxylic acids is 2. The Kier molecular flexibility index (Phi) is 6.44. The van der Waals surface area contributed by atoms with E-state index in [-0.39, 0.29) is 11.8 Å². The summed E-state index contributed by atoms with van der Waals surface area (Å²) in [5.74, 6) is -0.337. The predicted molar refractivity (Wildman–Crippen MR) is 128 cm³/mol. The maximum atomic E-state index is 12.6. The van der Waals surface area contributed by atoms with E-state index in [1.165, 1.54) is 11.8 Å². The van der Waals surface area contributed by atoms with Gasteiger partial charge in [0, 0.05) is 22.0 Å². The third-order valence-corrected chi connectivity index (χ3v) is 6.24. The zero-order valence-corrected chi connectivity index (χ0v) is 18.5. The van der Waals surface area contributed by atoms with Gasteiger partial charge in [0.2, 0.25) is 0 Å². The van der Waals surface area contributed by atoms with Crippen LogP contribution in [0, 0.1) is 6.92 Å². The second-order valence-electron chi connectivity index (χ2n) is 7.32. The van der Waals surface area contributed by atoms with Crippen molar-refractivity contribution in [1.82, 2.24) is 5.32 Å². The van der Waals surface area contributed by atoms with Crippen LogP contribution in [-0.2, 0) is 11.2 Å². The Labute approximate surface area is 190 Å². The minimum Gasteiger partial charge on any atom is -0.352 e. The first-order chi connectivity index (χ1) is 15.0. The van der Waals surface area contributed by atoms with Crippen LogP contribution < -0.4 is 10.6 Å². The number of benzene rings is 3. The molecule has 31 heavy (non-hydrogen) atoms. The number of hydrogen-bond acceptors (Lipinski definition) is 3. The lowest BCUT2D eigenvalue weighted by Crippen LogP contribution is -2.26. The standard InChI is InChI=1S/C25H21ClN2O2S/c1-16-3-2-4-18(13-16)14-23-25(30)28-21-15-19(7-10-22(21)31-23)24(29)27-12-11-17-5-8-20(26)9-6-17/h2-10,13-15H,11-12H2,1H3,(H,27,29)(H,28,30)/b23-14+. The molecule has 1 aliphatic heterocycles. The van der Waals surface area contributed by atoms with E-state index < -0.39 is 0 Å². The molecule has 0 unspecified atom stereocenters. The number of aryl methyl sites for hydroxylation is 1. The topological polar surface area (TPSA) is 58.2 Å². The molecule has 0 saturated carbocycles. The third-order valence-electron chi connectivity index (χ3n) is 4.89. The highest BCUT2D eigenvalue weighted by Gasteiger charge is 2.22. The normalized spacial score (nSPS) is 14.1. The number of fused-ring (bicyclic) bond motifs is 1. The predicted octanol–water partition coefficient (Wildman–Crippen LogP) is 5.71. The van der Waals surface area contributed by atoms with Gasteiger partial charge in [0.15, 0.2) is 0 Å². The van der Waals surface area contributed by atoms with Crippen molar-refractivity contribution in [2.45, 2.75) is 18.2 Å². The summed E-state index contributed by atoms with van der Waals surface area (Å²) in [7, 11) is 0. The Hall–Kier alpha value is -3.02. The molecule has 0 aliphatic carbocycles. The van der Waals surface area contributed by atoms with Gasteiger partial charge < -0.3 is 10.6 Å². The number of anilines is 1. The summed E-state index contributed by atoms with van der Waals surface area (Å²) < 4.78 is 0. The number of rotatable bonds is 5. The number of hydrogen-bond donors (Lipinski definition) is 2. The van der Waals surface area contributed by atoms with Crippen molar-refractivity contribution in [3.63, 3.8) is 0 Å². The summed E-state index contributed by atoms with van der Waals surface area (Å²) in [5, 5.41) is 6.52. The molecule has 4 nitrogen and oxygen atoms in total. The van der Waals surface area contributed by atoms with Crippen LogP contribution in [0.5, 0.6) is 0 Å². The van der Waals surface area contributed by atoms with Crippen LogP contribution in [-0.4, -0.2) is 18.4 Å². The first kappa shape index (κ1) is 21.2. The zero-order chi connectivity index (χ0) is 21.8. The maximum absolute atomic E-state index is 12.6. The lowest BCUT2D eigenvalue weighted by Gasteiger charge is -2.19. The molecule has 0 bridgehead atoms. The lowest BCUT2D eigenvalue weighted by atomic mass is 10.1. The van der Waals surface area contributed by atoms with Gasteiger partial charge in [0.1, 0.15) is 0 Å². The highest BCUT2D eigenvalue weighted by Crippen LogP contribution is 2.39. The van der Waals surface area contributed by atoms with Crippen molar-refractivity contribution in [3.8, 4) is 0 Å². The van der Waals surface area contributed by atoms with Gasteiger partial charge in [-0.15, -0.1) is 0 Å². The van der Waals surface area contributed by atoms with Gasteiger partial charge in [0.25, 0.3) is 11.8 Å². The number of carbonyl (C=O) groups is 2. The van der Waals surface area contributed by atoms with Gasteiger partial charge in [-0.2, -0.15) is 0 Å². The Morgan fingerprint density at radius 2 is 1.90 bits per heavy atom. The molecule has 0 radical (unpaired) electrons. The van der Waals surface area contributed by atoms with E-state index >= 15 is 0 Å². The minimum absolute atomic E-state index is 0.167. The molecular formula is C25H21ClN2O2S. The summed E-state index contributed by atoms with van der Waals surface area (Å²) in [5.41, 5.74) is 4.40. The van der Waals surface area contributed by atoms with Gasteiger partial charge in [-0.1, -0.05) is 65.3 Å². The van der Waals surface area contributed by atoms with Gasteiger partial charge in [-0.3, -0.25) is 9.59 Å². The Balaban J connectivity index is 1.42. The summed E-state index contributed by atoms with van der Waals surface area (Å²) in [4.78, 5) is 26.6. The van der Waals surface area contributed by atoms with Crippen molar-refractivity contribution < 1.29 is 9.59 Å². The van der Waals surface area contributed by atoms with Crippen LogP contribution in [0.2, 0.25) is 5.02 Å². The monoisotopic (exact) mass is 448 g/mol. The quantitative estimate of drug-likeness (QED) is 0.492. The summed E-state index contributed by atoms with van der Waals surface area (Å²) in [6.45, 7) is 2.54. The molecule has 0 atom stereocenters. The first-order valence-corrected chi connectivity index (χ1v) is 11.1. The van der Waals surface area contributed by atoms with Gasteiger partial charge in [-0.25, -0.2) is 0 Å². The molecule has 1 aliphatic rings. The average molecular weight is 449 g/mol. The SMILES string of the molecule is Cc1cccc(/C=C2/Sc3ccc(C(=O)NCCc4ccc(Cl)cc4)cc3NC2=O)c1. The van der Waals surface area contributed by atoms with E-state index in [2.05, 4.69) is 10.6 Å². The van der Waals surface area contributed by atoms with Crippen LogP contribution >= 0.6 is 23.4 Å². The van der Waals surface area contributed by atoms with Crippen molar-refractivity contribution in [3.05, 3.63) is 98.9 Å². The Bertz CT molecular complexity index is 1170. The smallest absolute Gasteiger partial charge is 0.262 e. The fraction of sp³-hybridized carbons (Fsp3) is 0.120. The third kappa shape index (κ3) is 5.37. The van der Waals surface area contributed by atoms with E-state index in [0.29, 0.717) is 34.1 Å². The largest absolute Gasteiger partial charge is 0.352 e. The van der Waals surface area contributed by atoms with E-state index in [1.807, 2.05) is 67.6 Å². The molecule has 0 fully saturated rings. The molecule has 0 saturated heterocycles. The Morgan fingerprint density at radius 3 is 2.68 bits per heavy atom. The van der Waals surface area contributed by atoms with Crippen molar-refractivity contribution in [2.75, 3.05) is 11.9 Å². The molecule has 3 aromatic carbocycles. The molecule has 6 heteroatoms. The van der Waals surface area contributed by atoms with E-state index in [4.69, 9.17) is 11.6 Å². The van der Waals surface area contributed by atoms with Gasteiger partial charge >= 0.3 is 0 Å². The first-order valence-electron chi connectivity index (χ1n) is 9.92. The van der Waals surface area contributed by atoms with Crippen LogP contribution in [0.4, 0.5) is 5.69 Å². The second kappa shape index (κ2) is 9.41. The number of nitrogens with one attached hydrogen (secondary N) is 2. The second-order valence-corrected chi connectivity index (χ2v) is 8.84. The molecular weight excluding hydrogens is 428 g/mol. The molecule has 4 rings (SSSR count). The number of halogens is 1. The summed E-state index contributed by atoms with van der Waals surface area (Å²) in [6, 6.07) is 20.9. The van der Waals surface area contributed by atoms with Crippen molar-refractivity contribution in [2.24, 2.45) is 0 Å². The number of amides is 2. The zero-order valence-electron chi connectivity index (χ0n) is 16.9. The van der Waals surface area contributed by atoms with Crippen LogP contribution in [0.25, 0.3) is 6.08 Å². The highest BCUT2D eigenvalue weighted by molar-refractivity contribution is 8.04. The van der Waals surface area contributed by atoms with E-state index in [9.17, 15) is 9.59 Å². The molecule has 156 valence electrons. The maximum Gasteiger partial charge on any atom is 0.262 e. The highest BCUT2D eigenvalue weighted by atomic mass is 35.5. The van der Waals surface area contributed by atoms with Gasteiger partial charge in [0.05, 0.1) is 10.6 Å².